The van der Waals surface area contributed by atoms with Crippen LogP contribution in [-0.2, 0) is 13.0 Å². The van der Waals surface area contributed by atoms with Gasteiger partial charge in [0.15, 0.2) is 5.96 Å². The van der Waals surface area contributed by atoms with E-state index in [2.05, 4.69) is 44.9 Å². The van der Waals surface area contributed by atoms with Crippen LogP contribution < -0.4 is 20.1 Å². The number of methoxy groups -OCH3 is 1. The lowest BCUT2D eigenvalue weighted by atomic mass is 10.1. The van der Waals surface area contributed by atoms with Crippen LogP contribution in [0.3, 0.4) is 0 Å². The number of ether oxygens (including phenoxy) is 2. The van der Waals surface area contributed by atoms with Crippen LogP contribution in [0.5, 0.6) is 17.4 Å². The molecule has 30 heavy (non-hydrogen) atoms. The van der Waals surface area contributed by atoms with Crippen LogP contribution in [0.2, 0.25) is 0 Å². The minimum absolute atomic E-state index is 0.537. The van der Waals surface area contributed by atoms with Gasteiger partial charge in [0.25, 0.3) is 0 Å². The fourth-order valence-corrected chi connectivity index (χ4v) is 2.91. The van der Waals surface area contributed by atoms with Crippen LogP contribution in [0.15, 0.2) is 77.9 Å². The number of rotatable bonds is 9. The number of guanidine groups is 1. The Morgan fingerprint density at radius 3 is 2.50 bits per heavy atom. The second kappa shape index (κ2) is 11.5. The van der Waals surface area contributed by atoms with Gasteiger partial charge in [0.05, 0.1) is 7.11 Å². The number of aryl methyl sites for hydroxylation is 1. The maximum absolute atomic E-state index is 5.78. The molecule has 1 heterocycles. The van der Waals surface area contributed by atoms with Gasteiger partial charge in [-0.05, 0) is 36.1 Å². The summed E-state index contributed by atoms with van der Waals surface area (Å²) in [6.45, 7) is 1.49. The van der Waals surface area contributed by atoms with Crippen molar-refractivity contribution in [2.45, 2.75) is 19.4 Å². The highest BCUT2D eigenvalue weighted by atomic mass is 16.5. The number of benzene rings is 2. The third-order valence-corrected chi connectivity index (χ3v) is 4.52. The first-order chi connectivity index (χ1) is 14.8. The second-order valence-electron chi connectivity index (χ2n) is 6.73. The van der Waals surface area contributed by atoms with Crippen LogP contribution in [0.25, 0.3) is 0 Å². The molecule has 0 radical (unpaired) electrons. The Hall–Kier alpha value is -3.54. The SMILES string of the molecule is CN=C(NCCCc1ccccc1)NCc1ccc(Oc2cccc(OC)c2)nc1. The summed E-state index contributed by atoms with van der Waals surface area (Å²) >= 11 is 0. The van der Waals surface area contributed by atoms with Crippen molar-refractivity contribution in [3.8, 4) is 17.4 Å². The first-order valence-corrected chi connectivity index (χ1v) is 10.0. The van der Waals surface area contributed by atoms with Crippen LogP contribution >= 0.6 is 0 Å². The second-order valence-corrected chi connectivity index (χ2v) is 6.73. The maximum atomic E-state index is 5.78. The molecule has 0 unspecified atom stereocenters. The predicted molar refractivity (Wildman–Crippen MR) is 120 cm³/mol. The largest absolute Gasteiger partial charge is 0.497 e. The van der Waals surface area contributed by atoms with Gasteiger partial charge in [-0.15, -0.1) is 0 Å². The molecule has 0 fully saturated rings. The lowest BCUT2D eigenvalue weighted by Gasteiger charge is -2.12. The van der Waals surface area contributed by atoms with Crippen molar-refractivity contribution in [2.75, 3.05) is 20.7 Å². The van der Waals surface area contributed by atoms with Crippen molar-refractivity contribution < 1.29 is 9.47 Å². The molecule has 6 heteroatoms. The lowest BCUT2D eigenvalue weighted by molar-refractivity contribution is 0.407. The predicted octanol–water partition coefficient (Wildman–Crippen LogP) is 4.18. The molecule has 0 aliphatic carbocycles. The van der Waals surface area contributed by atoms with E-state index in [1.54, 1.807) is 20.4 Å². The molecule has 0 saturated heterocycles. The zero-order valence-corrected chi connectivity index (χ0v) is 17.5. The van der Waals surface area contributed by atoms with Gasteiger partial charge < -0.3 is 20.1 Å². The number of aliphatic imine (C=N–C) groups is 1. The van der Waals surface area contributed by atoms with E-state index >= 15 is 0 Å². The van der Waals surface area contributed by atoms with Gasteiger partial charge in [-0.1, -0.05) is 42.5 Å². The number of aromatic nitrogens is 1. The van der Waals surface area contributed by atoms with Crippen molar-refractivity contribution in [1.82, 2.24) is 15.6 Å². The van der Waals surface area contributed by atoms with Crippen LogP contribution in [0.1, 0.15) is 17.5 Å². The van der Waals surface area contributed by atoms with E-state index in [-0.39, 0.29) is 0 Å². The molecule has 2 N–H and O–H groups in total. The van der Waals surface area contributed by atoms with Gasteiger partial charge in [-0.2, -0.15) is 0 Å². The fraction of sp³-hybridized carbons (Fsp3) is 0.250. The van der Waals surface area contributed by atoms with Crippen molar-refractivity contribution in [3.63, 3.8) is 0 Å². The third kappa shape index (κ3) is 6.81. The van der Waals surface area contributed by atoms with Gasteiger partial charge in [0.2, 0.25) is 5.88 Å². The molecule has 0 atom stereocenters. The third-order valence-electron chi connectivity index (χ3n) is 4.52. The van der Waals surface area contributed by atoms with Gasteiger partial charge in [-0.3, -0.25) is 4.99 Å². The highest BCUT2D eigenvalue weighted by molar-refractivity contribution is 5.79. The Kier molecular flexibility index (Phi) is 8.09. The summed E-state index contributed by atoms with van der Waals surface area (Å²) < 4.78 is 11.0. The molecule has 6 nitrogen and oxygen atoms in total. The molecule has 2 aromatic carbocycles. The minimum atomic E-state index is 0.537. The molecule has 0 spiro atoms. The van der Waals surface area contributed by atoms with E-state index in [4.69, 9.17) is 9.47 Å². The molecule has 0 amide bonds. The summed E-state index contributed by atoms with van der Waals surface area (Å²) in [5.41, 5.74) is 2.39. The summed E-state index contributed by atoms with van der Waals surface area (Å²) in [6, 6.07) is 21.8. The smallest absolute Gasteiger partial charge is 0.219 e. The van der Waals surface area contributed by atoms with Gasteiger partial charge in [-0.25, -0.2) is 4.98 Å². The quantitative estimate of drug-likeness (QED) is 0.318. The number of nitrogens with zero attached hydrogens (tertiary/aromatic N) is 2. The fourth-order valence-electron chi connectivity index (χ4n) is 2.91. The Labute approximate surface area is 178 Å². The van der Waals surface area contributed by atoms with E-state index in [0.717, 1.165) is 36.7 Å². The Balaban J connectivity index is 1.41. The monoisotopic (exact) mass is 404 g/mol. The summed E-state index contributed by atoms with van der Waals surface area (Å²) in [4.78, 5) is 8.65. The van der Waals surface area contributed by atoms with E-state index in [1.165, 1.54) is 5.56 Å². The Morgan fingerprint density at radius 1 is 0.933 bits per heavy atom. The molecule has 1 aromatic heterocycles. The Morgan fingerprint density at radius 2 is 1.77 bits per heavy atom. The first-order valence-electron chi connectivity index (χ1n) is 10.0. The topological polar surface area (TPSA) is 67.8 Å². The van der Waals surface area contributed by atoms with E-state index in [9.17, 15) is 0 Å². The summed E-state index contributed by atoms with van der Waals surface area (Å²) in [6.07, 6.45) is 3.89. The van der Waals surface area contributed by atoms with Crippen molar-refractivity contribution in [1.29, 1.82) is 0 Å². The summed E-state index contributed by atoms with van der Waals surface area (Å²) in [5, 5.41) is 6.66. The van der Waals surface area contributed by atoms with E-state index < -0.39 is 0 Å². The van der Waals surface area contributed by atoms with Crippen molar-refractivity contribution >= 4 is 5.96 Å². The molecular weight excluding hydrogens is 376 g/mol. The van der Waals surface area contributed by atoms with Gasteiger partial charge >= 0.3 is 0 Å². The van der Waals surface area contributed by atoms with Crippen molar-refractivity contribution in [2.24, 2.45) is 4.99 Å². The zero-order chi connectivity index (χ0) is 21.0. The summed E-state index contributed by atoms with van der Waals surface area (Å²) in [5.74, 6) is 2.75. The molecule has 0 aliphatic heterocycles. The summed E-state index contributed by atoms with van der Waals surface area (Å²) in [7, 11) is 3.40. The zero-order valence-electron chi connectivity index (χ0n) is 17.5. The van der Waals surface area contributed by atoms with Crippen LogP contribution in [-0.4, -0.2) is 31.6 Å². The average molecular weight is 405 g/mol. The van der Waals surface area contributed by atoms with Crippen LogP contribution in [0.4, 0.5) is 0 Å². The normalized spacial score (nSPS) is 11.1. The van der Waals surface area contributed by atoms with Crippen LogP contribution in [0, 0.1) is 0 Å². The standard InChI is InChI=1S/C24H28N4O2/c1-25-24(26-15-7-10-19-8-4-3-5-9-19)28-18-20-13-14-23(27-17-20)30-22-12-6-11-21(16-22)29-2/h3-6,8-9,11-14,16-17H,7,10,15,18H2,1-2H3,(H2,25,26,28). The number of nitrogens with one attached hydrogen (secondary N) is 2. The number of hydrogen-bond acceptors (Lipinski definition) is 4. The number of pyridine rings is 1. The highest BCUT2D eigenvalue weighted by Crippen LogP contribution is 2.23. The molecule has 3 rings (SSSR count). The minimum Gasteiger partial charge on any atom is -0.497 e. The molecule has 0 bridgehead atoms. The molecular formula is C24H28N4O2. The molecule has 156 valence electrons. The Bertz CT molecular complexity index is 927. The first kappa shape index (κ1) is 21.2. The average Bonchev–Trinajstić information content (AvgIpc) is 2.80. The molecule has 0 aliphatic rings. The van der Waals surface area contributed by atoms with E-state index in [1.807, 2.05) is 42.5 Å². The van der Waals surface area contributed by atoms with Gasteiger partial charge in [0.1, 0.15) is 11.5 Å². The lowest BCUT2D eigenvalue weighted by Crippen LogP contribution is -2.37. The van der Waals surface area contributed by atoms with Gasteiger partial charge in [0, 0.05) is 38.5 Å². The highest BCUT2D eigenvalue weighted by Gasteiger charge is 2.03. The molecule has 0 saturated carbocycles. The maximum Gasteiger partial charge on any atom is 0.219 e. The van der Waals surface area contributed by atoms with E-state index in [0.29, 0.717) is 18.2 Å². The van der Waals surface area contributed by atoms with Crippen molar-refractivity contribution in [3.05, 3.63) is 84.1 Å². The number of hydrogen-bond donors (Lipinski definition) is 2. The molecule has 3 aromatic rings.